The maximum Gasteiger partial charge on any atom is 0.259 e. The van der Waals surface area contributed by atoms with E-state index in [-0.39, 0.29) is 36.4 Å². The van der Waals surface area contributed by atoms with Gasteiger partial charge in [0.15, 0.2) is 0 Å². The van der Waals surface area contributed by atoms with Crippen LogP contribution in [0.15, 0.2) is 42.6 Å². The van der Waals surface area contributed by atoms with Gasteiger partial charge in [-0.3, -0.25) is 9.69 Å². The summed E-state index contributed by atoms with van der Waals surface area (Å²) in [6, 6.07) is 8.19. The van der Waals surface area contributed by atoms with Crippen molar-refractivity contribution in [3.05, 3.63) is 65.1 Å². The fourth-order valence-corrected chi connectivity index (χ4v) is 4.91. The van der Waals surface area contributed by atoms with Crippen LogP contribution in [-0.2, 0) is 6.54 Å². The van der Waals surface area contributed by atoms with Crippen molar-refractivity contribution in [3.63, 3.8) is 0 Å². The Balaban J connectivity index is 1.62. The van der Waals surface area contributed by atoms with Crippen LogP contribution in [0.1, 0.15) is 61.0 Å². The molecule has 188 valence electrons. The summed E-state index contributed by atoms with van der Waals surface area (Å²) in [4.78, 5) is 22.1. The predicted molar refractivity (Wildman–Crippen MR) is 135 cm³/mol. The van der Waals surface area contributed by atoms with E-state index in [1.807, 2.05) is 32.3 Å². The van der Waals surface area contributed by atoms with E-state index in [0.717, 1.165) is 30.4 Å². The Morgan fingerprint density at radius 3 is 2.86 bits per heavy atom. The van der Waals surface area contributed by atoms with Gasteiger partial charge < -0.3 is 14.7 Å². The molecule has 6 nitrogen and oxygen atoms in total. The molecule has 0 bridgehead atoms. The van der Waals surface area contributed by atoms with Crippen LogP contribution in [0.25, 0.3) is 5.57 Å². The average molecular weight is 482 g/mol. The molecular weight excluding hydrogens is 445 g/mol. The number of aliphatic hydroxyl groups excluding tert-OH is 1. The fraction of sp³-hybridized carbons (Fsp3) is 0.500. The highest BCUT2D eigenvalue weighted by atomic mass is 19.1. The highest BCUT2D eigenvalue weighted by molar-refractivity contribution is 5.97. The second kappa shape index (κ2) is 11.3. The number of fused-ring (bicyclic) bond motifs is 1. The Labute approximate surface area is 207 Å². The molecule has 1 N–H and O–H groups in total. The number of benzene rings is 1. The van der Waals surface area contributed by atoms with Crippen LogP contribution in [0.3, 0.4) is 0 Å². The molecule has 2 aromatic rings. The van der Waals surface area contributed by atoms with Gasteiger partial charge in [0.05, 0.1) is 12.6 Å². The first-order chi connectivity index (χ1) is 16.9. The Kier molecular flexibility index (Phi) is 8.19. The van der Waals surface area contributed by atoms with E-state index in [1.165, 1.54) is 18.1 Å². The lowest BCUT2D eigenvalue weighted by molar-refractivity contribution is 0.0325. The third-order valence-electron chi connectivity index (χ3n) is 7.02. The smallest absolute Gasteiger partial charge is 0.259 e. The maximum absolute atomic E-state index is 13.6. The van der Waals surface area contributed by atoms with Crippen molar-refractivity contribution in [2.24, 2.45) is 5.92 Å². The first-order valence-corrected chi connectivity index (χ1v) is 12.6. The molecule has 1 aromatic carbocycles. The molecule has 0 fully saturated rings. The van der Waals surface area contributed by atoms with Gasteiger partial charge in [0.25, 0.3) is 5.91 Å². The fourth-order valence-electron chi connectivity index (χ4n) is 4.91. The summed E-state index contributed by atoms with van der Waals surface area (Å²) in [5.74, 6) is -0.0778. The molecule has 1 aromatic heterocycles. The van der Waals surface area contributed by atoms with E-state index in [9.17, 15) is 14.3 Å². The summed E-state index contributed by atoms with van der Waals surface area (Å²) in [5.41, 5.74) is 3.52. The topological polar surface area (TPSA) is 65.9 Å². The number of nitrogens with zero attached hydrogens (tertiary/aromatic N) is 3. The Hall–Kier alpha value is -2.77. The maximum atomic E-state index is 13.6. The molecule has 0 unspecified atom stereocenters. The number of amides is 1. The molecule has 3 atom stereocenters. The van der Waals surface area contributed by atoms with E-state index in [1.54, 1.807) is 17.0 Å². The van der Waals surface area contributed by atoms with Gasteiger partial charge >= 0.3 is 0 Å². The van der Waals surface area contributed by atoms with Gasteiger partial charge in [-0.1, -0.05) is 25.1 Å². The van der Waals surface area contributed by atoms with Crippen LogP contribution in [0, 0.1) is 11.7 Å². The number of pyridine rings is 1. The number of rotatable bonds is 7. The molecule has 2 heterocycles. The summed E-state index contributed by atoms with van der Waals surface area (Å²) >= 11 is 0. The lowest BCUT2D eigenvalue weighted by Crippen LogP contribution is -2.49. The standard InChI is InChI=1S/C28H36FN3O3/c1-19-15-32(20(2)18-33)28(34)25-13-23(22-9-5-4-6-10-22)14-30-27(25)35-26(19)17-31(3)16-21-8-7-11-24(29)12-21/h7-9,11-14,19-20,26,33H,4-6,10,15-18H2,1-3H3/t19-,20-,26+/m1/s1. The molecule has 4 rings (SSSR count). The van der Waals surface area contributed by atoms with Crippen LogP contribution >= 0.6 is 0 Å². The van der Waals surface area contributed by atoms with Crippen LogP contribution in [0.5, 0.6) is 5.88 Å². The Morgan fingerprint density at radius 1 is 1.31 bits per heavy atom. The molecule has 1 aliphatic heterocycles. The molecule has 0 radical (unpaired) electrons. The van der Waals surface area contributed by atoms with Crippen molar-refractivity contribution in [3.8, 4) is 5.88 Å². The number of aromatic nitrogens is 1. The summed E-state index contributed by atoms with van der Waals surface area (Å²) in [7, 11) is 1.98. The summed E-state index contributed by atoms with van der Waals surface area (Å²) < 4.78 is 20.0. The lowest BCUT2D eigenvalue weighted by atomic mass is 9.93. The molecule has 2 aliphatic rings. The van der Waals surface area contributed by atoms with Crippen LogP contribution in [0.4, 0.5) is 4.39 Å². The van der Waals surface area contributed by atoms with E-state index >= 15 is 0 Å². The SMILES string of the molecule is C[C@@H]1CN([C@H](C)CO)C(=O)c2cc(C3=CCCCC3)cnc2O[C@H]1CN(C)Cc1cccc(F)c1. The molecule has 1 aliphatic carbocycles. The van der Waals surface area contributed by atoms with E-state index in [0.29, 0.717) is 31.1 Å². The molecular formula is C28H36FN3O3. The van der Waals surface area contributed by atoms with E-state index in [4.69, 9.17) is 4.74 Å². The quantitative estimate of drug-likeness (QED) is 0.630. The third kappa shape index (κ3) is 6.08. The molecule has 7 heteroatoms. The van der Waals surface area contributed by atoms with Crippen molar-refractivity contribution in [1.29, 1.82) is 0 Å². The first-order valence-electron chi connectivity index (χ1n) is 12.6. The zero-order valence-electron chi connectivity index (χ0n) is 20.9. The summed E-state index contributed by atoms with van der Waals surface area (Å²) in [6.45, 7) is 5.42. The lowest BCUT2D eigenvalue weighted by Gasteiger charge is -2.37. The van der Waals surface area contributed by atoms with Crippen molar-refractivity contribution >= 4 is 11.5 Å². The van der Waals surface area contributed by atoms with Crippen molar-refractivity contribution < 1.29 is 19.0 Å². The van der Waals surface area contributed by atoms with Gasteiger partial charge in [0.2, 0.25) is 5.88 Å². The molecule has 0 saturated carbocycles. The summed E-state index contributed by atoms with van der Waals surface area (Å²) in [6.07, 6.45) is 8.16. The second-order valence-corrected chi connectivity index (χ2v) is 10.0. The zero-order chi connectivity index (χ0) is 24.9. The number of carbonyl (C=O) groups excluding carboxylic acids is 1. The van der Waals surface area contributed by atoms with Crippen LogP contribution in [-0.4, -0.2) is 64.7 Å². The largest absolute Gasteiger partial charge is 0.472 e. The molecule has 0 spiro atoms. The normalized spacial score (nSPS) is 21.6. The number of hydrogen-bond donors (Lipinski definition) is 1. The zero-order valence-corrected chi connectivity index (χ0v) is 20.9. The minimum atomic E-state index is -0.320. The number of carbonyl (C=O) groups is 1. The minimum absolute atomic E-state index is 0.00131. The number of allylic oxidation sites excluding steroid dienone is 2. The van der Waals surface area contributed by atoms with E-state index in [2.05, 4.69) is 22.9 Å². The first kappa shape index (κ1) is 25.3. The molecule has 35 heavy (non-hydrogen) atoms. The van der Waals surface area contributed by atoms with Crippen molar-refractivity contribution in [1.82, 2.24) is 14.8 Å². The van der Waals surface area contributed by atoms with Gasteiger partial charge in [-0.2, -0.15) is 0 Å². The van der Waals surface area contributed by atoms with Gasteiger partial charge in [0.1, 0.15) is 17.5 Å². The number of halogens is 1. The third-order valence-corrected chi connectivity index (χ3v) is 7.02. The highest BCUT2D eigenvalue weighted by Crippen LogP contribution is 2.32. The highest BCUT2D eigenvalue weighted by Gasteiger charge is 2.34. The minimum Gasteiger partial charge on any atom is -0.472 e. The number of ether oxygens (including phenoxy) is 1. The second-order valence-electron chi connectivity index (χ2n) is 10.0. The van der Waals surface area contributed by atoms with Gasteiger partial charge in [-0.25, -0.2) is 9.37 Å². The van der Waals surface area contributed by atoms with Crippen LogP contribution < -0.4 is 4.74 Å². The number of hydrogen-bond acceptors (Lipinski definition) is 5. The monoisotopic (exact) mass is 481 g/mol. The van der Waals surface area contributed by atoms with Crippen LogP contribution in [0.2, 0.25) is 0 Å². The molecule has 1 amide bonds. The average Bonchev–Trinajstić information content (AvgIpc) is 2.86. The van der Waals surface area contributed by atoms with Gasteiger partial charge in [-0.05, 0) is 74.6 Å². The van der Waals surface area contributed by atoms with Gasteiger partial charge in [-0.15, -0.1) is 0 Å². The van der Waals surface area contributed by atoms with Crippen molar-refractivity contribution in [2.75, 3.05) is 26.7 Å². The van der Waals surface area contributed by atoms with Crippen molar-refractivity contribution in [2.45, 2.75) is 58.2 Å². The Bertz CT molecular complexity index is 1070. The molecule has 0 saturated heterocycles. The number of aliphatic hydroxyl groups is 1. The number of likely N-dealkylation sites (N-methyl/N-ethyl adjacent to an activating group) is 1. The Morgan fingerprint density at radius 2 is 2.14 bits per heavy atom. The summed E-state index contributed by atoms with van der Waals surface area (Å²) in [5, 5.41) is 9.87. The van der Waals surface area contributed by atoms with Gasteiger partial charge in [0, 0.05) is 31.7 Å². The predicted octanol–water partition coefficient (Wildman–Crippen LogP) is 4.53. The van der Waals surface area contributed by atoms with E-state index < -0.39 is 0 Å².